The maximum absolute atomic E-state index is 14.5. The van der Waals surface area contributed by atoms with Gasteiger partial charge in [-0.05, 0) is 63.2 Å². The Morgan fingerprint density at radius 1 is 1.14 bits per heavy atom. The van der Waals surface area contributed by atoms with Crippen LogP contribution in [-0.2, 0) is 16.6 Å². The van der Waals surface area contributed by atoms with Crippen LogP contribution in [0.15, 0.2) is 41.3 Å². The van der Waals surface area contributed by atoms with Crippen molar-refractivity contribution in [1.82, 2.24) is 14.8 Å². The summed E-state index contributed by atoms with van der Waals surface area (Å²) in [5, 5.41) is 10.8. The van der Waals surface area contributed by atoms with Crippen LogP contribution in [0.25, 0.3) is 10.9 Å². The SMILES string of the molecule is COc1cc(S(N)(=O)=O)ccc1NCC#Cc1cc2c(OC(=O)NC3CCN(C)CC3)cc(F)cc2n1CC(F)(F)F. The van der Waals surface area contributed by atoms with Gasteiger partial charge in [0, 0.05) is 23.6 Å². The number of aromatic nitrogens is 1. The monoisotopic (exact) mass is 611 g/mol. The number of fused-ring (bicyclic) bond motifs is 1. The second-order valence-electron chi connectivity index (χ2n) is 9.74. The van der Waals surface area contributed by atoms with Crippen LogP contribution in [0.4, 0.5) is 28.0 Å². The third-order valence-corrected chi connectivity index (χ3v) is 7.52. The highest BCUT2D eigenvalue weighted by Crippen LogP contribution is 2.33. The third-order valence-electron chi connectivity index (χ3n) is 6.61. The minimum atomic E-state index is -4.65. The second-order valence-corrected chi connectivity index (χ2v) is 11.3. The van der Waals surface area contributed by atoms with Gasteiger partial charge in [0.25, 0.3) is 0 Å². The van der Waals surface area contributed by atoms with Crippen LogP contribution >= 0.6 is 0 Å². The van der Waals surface area contributed by atoms with Gasteiger partial charge in [-0.3, -0.25) is 0 Å². The molecule has 0 unspecified atom stereocenters. The number of halogens is 4. The summed E-state index contributed by atoms with van der Waals surface area (Å²) in [6.45, 7) is 0.0247. The van der Waals surface area contributed by atoms with E-state index in [1.807, 2.05) is 7.05 Å². The van der Waals surface area contributed by atoms with E-state index in [9.17, 15) is 30.8 Å². The molecule has 0 saturated carbocycles. The average Bonchev–Trinajstić information content (AvgIpc) is 3.23. The standard InChI is InChI=1S/C27H29F4N5O5S/c1-35-10-7-18(8-11-35)34-26(37)41-24-13-17(28)12-23-21(24)14-19(36(23)16-27(29,30)31)4-3-9-33-22-6-5-20(42(32,38)39)15-25(22)40-2/h5-6,12-15,18,33H,7-11,16H2,1-2H3,(H,34,37)(H2,32,38,39). The number of hydrogen-bond acceptors (Lipinski definition) is 7. The first-order chi connectivity index (χ1) is 19.7. The number of likely N-dealkylation sites (tertiary alicyclic amines) is 1. The number of piperidine rings is 1. The first-order valence-corrected chi connectivity index (χ1v) is 14.3. The lowest BCUT2D eigenvalue weighted by Crippen LogP contribution is -2.44. The summed E-state index contributed by atoms with van der Waals surface area (Å²) in [6, 6.07) is 6.89. The number of anilines is 1. The molecule has 10 nitrogen and oxygen atoms in total. The highest BCUT2D eigenvalue weighted by atomic mass is 32.2. The molecule has 4 N–H and O–H groups in total. The molecule has 3 aromatic rings. The predicted molar refractivity (Wildman–Crippen MR) is 147 cm³/mol. The number of carbonyl (C=O) groups excluding carboxylic acids is 1. The molecule has 1 aromatic heterocycles. The van der Waals surface area contributed by atoms with E-state index in [0.717, 1.165) is 29.8 Å². The highest BCUT2D eigenvalue weighted by Gasteiger charge is 2.30. The van der Waals surface area contributed by atoms with Crippen molar-refractivity contribution in [3.63, 3.8) is 0 Å². The molecular weight excluding hydrogens is 582 g/mol. The van der Waals surface area contributed by atoms with E-state index in [2.05, 4.69) is 27.4 Å². The van der Waals surface area contributed by atoms with Crippen LogP contribution < -0.4 is 25.2 Å². The first-order valence-electron chi connectivity index (χ1n) is 12.7. The van der Waals surface area contributed by atoms with Gasteiger partial charge in [0.2, 0.25) is 10.0 Å². The van der Waals surface area contributed by atoms with E-state index in [1.165, 1.54) is 31.4 Å². The molecule has 0 aliphatic carbocycles. The lowest BCUT2D eigenvalue weighted by atomic mass is 10.1. The van der Waals surface area contributed by atoms with Crippen LogP contribution in [-0.4, -0.2) is 70.0 Å². The van der Waals surface area contributed by atoms with Crippen molar-refractivity contribution in [2.75, 3.05) is 39.1 Å². The van der Waals surface area contributed by atoms with Gasteiger partial charge in [-0.1, -0.05) is 5.92 Å². The molecule has 4 rings (SSSR count). The quantitative estimate of drug-likeness (QED) is 0.275. The number of hydrogen-bond donors (Lipinski definition) is 3. The van der Waals surface area contributed by atoms with Gasteiger partial charge in [-0.25, -0.2) is 22.7 Å². The number of amides is 1. The van der Waals surface area contributed by atoms with Crippen LogP contribution in [0.1, 0.15) is 18.5 Å². The third kappa shape index (κ3) is 7.84. The number of nitrogens with one attached hydrogen (secondary N) is 2. The summed E-state index contributed by atoms with van der Waals surface area (Å²) in [5.74, 6) is 4.38. The van der Waals surface area contributed by atoms with E-state index < -0.39 is 34.7 Å². The summed E-state index contributed by atoms with van der Waals surface area (Å²) in [7, 11) is -0.680. The maximum atomic E-state index is 14.5. The van der Waals surface area contributed by atoms with E-state index in [4.69, 9.17) is 14.6 Å². The summed E-state index contributed by atoms with van der Waals surface area (Å²) in [5.41, 5.74) is 0.127. The van der Waals surface area contributed by atoms with Crippen molar-refractivity contribution >= 4 is 32.7 Å². The number of alkyl halides is 3. The van der Waals surface area contributed by atoms with Crippen molar-refractivity contribution in [3.8, 4) is 23.3 Å². The van der Waals surface area contributed by atoms with E-state index in [0.29, 0.717) is 18.5 Å². The second kappa shape index (κ2) is 12.5. The van der Waals surface area contributed by atoms with Crippen molar-refractivity contribution in [1.29, 1.82) is 0 Å². The fourth-order valence-electron chi connectivity index (χ4n) is 4.55. The lowest BCUT2D eigenvalue weighted by molar-refractivity contribution is -0.140. The topological polar surface area (TPSA) is 128 Å². The molecule has 1 amide bonds. The van der Waals surface area contributed by atoms with Crippen LogP contribution in [0.5, 0.6) is 11.5 Å². The summed E-state index contributed by atoms with van der Waals surface area (Å²) in [6.07, 6.45) is -4.10. The van der Waals surface area contributed by atoms with Crippen molar-refractivity contribution in [2.24, 2.45) is 5.14 Å². The molecule has 1 aliphatic rings. The molecule has 15 heteroatoms. The Bertz CT molecular complexity index is 1640. The van der Waals surface area contributed by atoms with Gasteiger partial charge in [-0.2, -0.15) is 13.2 Å². The zero-order chi connectivity index (χ0) is 30.7. The highest BCUT2D eigenvalue weighted by molar-refractivity contribution is 7.89. The van der Waals surface area contributed by atoms with Crippen molar-refractivity contribution in [3.05, 3.63) is 47.9 Å². The molecule has 1 saturated heterocycles. The Balaban J connectivity index is 1.59. The Labute approximate surface area is 239 Å². The summed E-state index contributed by atoms with van der Waals surface area (Å²) >= 11 is 0. The Morgan fingerprint density at radius 2 is 1.86 bits per heavy atom. The van der Waals surface area contributed by atoms with Crippen LogP contribution in [0.2, 0.25) is 0 Å². The van der Waals surface area contributed by atoms with Crippen LogP contribution in [0.3, 0.4) is 0 Å². The van der Waals surface area contributed by atoms with Gasteiger partial charge in [-0.15, -0.1) is 0 Å². The number of primary sulfonamides is 1. The van der Waals surface area contributed by atoms with Gasteiger partial charge in [0.15, 0.2) is 0 Å². The van der Waals surface area contributed by atoms with E-state index >= 15 is 0 Å². The summed E-state index contributed by atoms with van der Waals surface area (Å²) in [4.78, 5) is 14.5. The van der Waals surface area contributed by atoms with E-state index in [-0.39, 0.29) is 45.6 Å². The molecule has 42 heavy (non-hydrogen) atoms. The number of sulfonamides is 1. The van der Waals surface area contributed by atoms with Crippen LogP contribution in [0, 0.1) is 17.7 Å². The molecule has 2 aromatic carbocycles. The maximum Gasteiger partial charge on any atom is 0.412 e. The molecule has 0 spiro atoms. The number of nitrogens with two attached hydrogens (primary N) is 1. The number of rotatable bonds is 7. The zero-order valence-corrected chi connectivity index (χ0v) is 23.5. The molecule has 1 aliphatic heterocycles. The zero-order valence-electron chi connectivity index (χ0n) is 22.7. The van der Waals surface area contributed by atoms with E-state index in [1.54, 1.807) is 0 Å². The number of methoxy groups -OCH3 is 1. The minimum absolute atomic E-state index is 0.0741. The van der Waals surface area contributed by atoms with Gasteiger partial charge >= 0.3 is 12.3 Å². The Morgan fingerprint density at radius 3 is 2.50 bits per heavy atom. The molecule has 226 valence electrons. The molecule has 0 bridgehead atoms. The molecule has 2 heterocycles. The number of benzene rings is 2. The number of ether oxygens (including phenoxy) is 2. The Kier molecular flexibility index (Phi) is 9.19. The summed E-state index contributed by atoms with van der Waals surface area (Å²) < 4.78 is 89.5. The molecule has 1 fully saturated rings. The lowest BCUT2D eigenvalue weighted by Gasteiger charge is -2.29. The molecule has 0 atom stereocenters. The predicted octanol–water partition coefficient (Wildman–Crippen LogP) is 3.64. The average molecular weight is 612 g/mol. The fraction of sp³-hybridized carbons (Fsp3) is 0.370. The normalized spacial score (nSPS) is 14.7. The first kappa shape index (κ1) is 30.9. The van der Waals surface area contributed by atoms with Gasteiger partial charge in [0.1, 0.15) is 23.9 Å². The Hall–Kier alpha value is -4.00. The molecule has 0 radical (unpaired) electrons. The van der Waals surface area contributed by atoms with Crippen molar-refractivity contribution < 1.29 is 40.2 Å². The number of nitrogens with zero attached hydrogens (tertiary/aromatic N) is 2. The largest absolute Gasteiger partial charge is 0.495 e. The van der Waals surface area contributed by atoms with Gasteiger partial charge < -0.3 is 29.6 Å². The number of carbonyl (C=O) groups is 1. The van der Waals surface area contributed by atoms with Gasteiger partial charge in [0.05, 0.1) is 35.4 Å². The molecular formula is C27H29F4N5O5S. The fourth-order valence-corrected chi connectivity index (χ4v) is 5.08. The smallest absolute Gasteiger partial charge is 0.412 e. The van der Waals surface area contributed by atoms with Crippen molar-refractivity contribution in [2.45, 2.75) is 36.5 Å². The minimum Gasteiger partial charge on any atom is -0.495 e.